The molecule has 0 spiro atoms. The monoisotopic (exact) mass is 223 g/mol. The topological polar surface area (TPSA) is 29.4 Å². The predicted molar refractivity (Wildman–Crippen MR) is 55.0 cm³/mol. The number of carbonyl (C=O) groups excluding carboxylic acids is 1. The Hall–Kier alpha value is -1.54. The van der Waals surface area contributed by atoms with E-state index in [1.54, 1.807) is 18.2 Å². The summed E-state index contributed by atoms with van der Waals surface area (Å²) < 4.78 is 26.7. The second kappa shape index (κ2) is 3.49. The van der Waals surface area contributed by atoms with E-state index in [4.69, 9.17) is 0 Å². The SMILES string of the molecule is CC(F)(F)c1ccccc1C1(N=C=O)CC1. The smallest absolute Gasteiger partial charge is 0.211 e. The Morgan fingerprint density at radius 2 is 2.00 bits per heavy atom. The average molecular weight is 223 g/mol. The highest BCUT2D eigenvalue weighted by molar-refractivity contribution is 5.45. The quantitative estimate of drug-likeness (QED) is 0.571. The summed E-state index contributed by atoms with van der Waals surface area (Å²) in [7, 11) is 0. The van der Waals surface area contributed by atoms with Gasteiger partial charge in [0.05, 0.1) is 5.54 Å². The van der Waals surface area contributed by atoms with E-state index in [-0.39, 0.29) is 5.56 Å². The van der Waals surface area contributed by atoms with E-state index >= 15 is 0 Å². The van der Waals surface area contributed by atoms with Crippen LogP contribution >= 0.6 is 0 Å². The molecule has 0 unspecified atom stereocenters. The molecule has 0 heterocycles. The Labute approximate surface area is 92.0 Å². The van der Waals surface area contributed by atoms with Gasteiger partial charge in [0.15, 0.2) is 0 Å². The highest BCUT2D eigenvalue weighted by atomic mass is 19.3. The molecule has 4 heteroatoms. The minimum atomic E-state index is -2.91. The molecule has 84 valence electrons. The molecular formula is C12H11F2NO. The third kappa shape index (κ3) is 1.76. The maximum atomic E-state index is 13.4. The maximum Gasteiger partial charge on any atom is 0.270 e. The van der Waals surface area contributed by atoms with Gasteiger partial charge in [-0.25, -0.2) is 13.6 Å². The Balaban J connectivity index is 2.54. The standard InChI is InChI=1S/C12H11F2NO/c1-11(13,14)9-4-2-3-5-10(9)12(6-7-12)15-8-16/h2-5H,6-7H2,1H3. The van der Waals surface area contributed by atoms with Crippen LogP contribution in [0.25, 0.3) is 0 Å². The Bertz CT molecular complexity index is 454. The van der Waals surface area contributed by atoms with Gasteiger partial charge in [0.25, 0.3) is 5.92 Å². The average Bonchev–Trinajstić information content (AvgIpc) is 2.98. The van der Waals surface area contributed by atoms with Gasteiger partial charge in [-0.2, -0.15) is 4.99 Å². The second-order valence-corrected chi connectivity index (χ2v) is 4.17. The molecule has 0 aliphatic heterocycles. The number of nitrogens with zero attached hydrogens (tertiary/aromatic N) is 1. The predicted octanol–water partition coefficient (Wildman–Crippen LogP) is 3.12. The maximum absolute atomic E-state index is 13.4. The Kier molecular flexibility index (Phi) is 2.39. The van der Waals surface area contributed by atoms with E-state index in [9.17, 15) is 13.6 Å². The fraction of sp³-hybridized carbons (Fsp3) is 0.417. The first-order chi connectivity index (χ1) is 7.49. The first-order valence-corrected chi connectivity index (χ1v) is 5.06. The number of benzene rings is 1. The zero-order chi connectivity index (χ0) is 11.8. The highest BCUT2D eigenvalue weighted by Crippen LogP contribution is 2.52. The molecule has 2 nitrogen and oxygen atoms in total. The van der Waals surface area contributed by atoms with E-state index in [1.165, 1.54) is 12.1 Å². The molecule has 16 heavy (non-hydrogen) atoms. The minimum Gasteiger partial charge on any atom is -0.211 e. The zero-order valence-electron chi connectivity index (χ0n) is 8.84. The van der Waals surface area contributed by atoms with E-state index < -0.39 is 11.5 Å². The van der Waals surface area contributed by atoms with Gasteiger partial charge in [0.1, 0.15) is 0 Å². The number of halogens is 2. The van der Waals surface area contributed by atoms with Gasteiger partial charge in [-0.1, -0.05) is 24.3 Å². The molecule has 0 radical (unpaired) electrons. The molecule has 0 aromatic heterocycles. The van der Waals surface area contributed by atoms with Gasteiger partial charge < -0.3 is 0 Å². The lowest BCUT2D eigenvalue weighted by Gasteiger charge is -2.18. The van der Waals surface area contributed by atoms with Gasteiger partial charge in [0, 0.05) is 12.5 Å². The molecule has 0 N–H and O–H groups in total. The van der Waals surface area contributed by atoms with Crippen molar-refractivity contribution in [1.29, 1.82) is 0 Å². The summed E-state index contributed by atoms with van der Waals surface area (Å²) in [5.74, 6) is -2.91. The van der Waals surface area contributed by atoms with E-state index in [0.717, 1.165) is 6.92 Å². The first-order valence-electron chi connectivity index (χ1n) is 5.06. The summed E-state index contributed by atoms with van der Waals surface area (Å²) in [6.45, 7) is 0.854. The molecule has 2 rings (SSSR count). The zero-order valence-corrected chi connectivity index (χ0v) is 8.84. The van der Waals surface area contributed by atoms with Gasteiger partial charge in [-0.05, 0) is 18.4 Å². The third-order valence-electron chi connectivity index (χ3n) is 2.88. The van der Waals surface area contributed by atoms with Crippen molar-refractivity contribution in [3.8, 4) is 0 Å². The molecule has 1 aliphatic rings. The lowest BCUT2D eigenvalue weighted by Crippen LogP contribution is -2.15. The summed E-state index contributed by atoms with van der Waals surface area (Å²) >= 11 is 0. The Morgan fingerprint density at radius 3 is 2.50 bits per heavy atom. The van der Waals surface area contributed by atoms with E-state index in [0.29, 0.717) is 18.4 Å². The van der Waals surface area contributed by atoms with Crippen molar-refractivity contribution >= 4 is 6.08 Å². The van der Waals surface area contributed by atoms with Gasteiger partial charge >= 0.3 is 0 Å². The lowest BCUT2D eigenvalue weighted by atomic mass is 9.95. The number of isocyanates is 1. The molecule has 0 amide bonds. The first kappa shape index (κ1) is 11.0. The fourth-order valence-electron chi connectivity index (χ4n) is 1.92. The van der Waals surface area contributed by atoms with Crippen molar-refractivity contribution in [3.63, 3.8) is 0 Å². The minimum absolute atomic E-state index is 0.0495. The molecule has 0 atom stereocenters. The second-order valence-electron chi connectivity index (χ2n) is 4.17. The molecule has 1 aliphatic carbocycles. The molecule has 0 bridgehead atoms. The Morgan fingerprint density at radius 1 is 1.38 bits per heavy atom. The van der Waals surface area contributed by atoms with Crippen molar-refractivity contribution in [1.82, 2.24) is 0 Å². The number of hydrogen-bond acceptors (Lipinski definition) is 2. The molecule has 0 saturated heterocycles. The largest absolute Gasteiger partial charge is 0.270 e. The highest BCUT2D eigenvalue weighted by Gasteiger charge is 2.48. The molecule has 1 aromatic carbocycles. The van der Waals surface area contributed by atoms with Gasteiger partial charge in [-0.3, -0.25) is 0 Å². The van der Waals surface area contributed by atoms with Crippen molar-refractivity contribution < 1.29 is 13.6 Å². The van der Waals surface area contributed by atoms with Crippen LogP contribution in [0, 0.1) is 0 Å². The number of hydrogen-bond donors (Lipinski definition) is 0. The summed E-state index contributed by atoms with van der Waals surface area (Å²) in [5, 5.41) is 0. The van der Waals surface area contributed by atoms with Crippen LogP contribution in [0.1, 0.15) is 30.9 Å². The molecule has 1 aromatic rings. The summed E-state index contributed by atoms with van der Waals surface area (Å²) in [6, 6.07) is 6.25. The lowest BCUT2D eigenvalue weighted by molar-refractivity contribution is 0.0160. The van der Waals surface area contributed by atoms with Crippen LogP contribution in [0.3, 0.4) is 0 Å². The van der Waals surface area contributed by atoms with Crippen molar-refractivity contribution in [3.05, 3.63) is 35.4 Å². The van der Waals surface area contributed by atoms with Crippen LogP contribution < -0.4 is 0 Å². The number of alkyl halides is 2. The molecule has 1 saturated carbocycles. The third-order valence-corrected chi connectivity index (χ3v) is 2.88. The number of rotatable bonds is 3. The normalized spacial score (nSPS) is 17.7. The fourth-order valence-corrected chi connectivity index (χ4v) is 1.92. The van der Waals surface area contributed by atoms with E-state index in [2.05, 4.69) is 4.99 Å². The van der Waals surface area contributed by atoms with Gasteiger partial charge in [-0.15, -0.1) is 0 Å². The van der Waals surface area contributed by atoms with Crippen LogP contribution in [0.4, 0.5) is 8.78 Å². The van der Waals surface area contributed by atoms with Crippen LogP contribution in [0.2, 0.25) is 0 Å². The number of aliphatic imine (C=N–C) groups is 1. The summed E-state index contributed by atoms with van der Waals surface area (Å²) in [5.41, 5.74) is -0.338. The van der Waals surface area contributed by atoms with Crippen LogP contribution in [0.15, 0.2) is 29.3 Å². The molecule has 1 fully saturated rings. The molecular weight excluding hydrogens is 212 g/mol. The van der Waals surface area contributed by atoms with E-state index in [1.807, 2.05) is 0 Å². The van der Waals surface area contributed by atoms with Crippen LogP contribution in [-0.2, 0) is 16.3 Å². The van der Waals surface area contributed by atoms with Gasteiger partial charge in [0.2, 0.25) is 6.08 Å². The summed E-state index contributed by atoms with van der Waals surface area (Å²) in [4.78, 5) is 14.0. The van der Waals surface area contributed by atoms with Crippen molar-refractivity contribution in [2.45, 2.75) is 31.2 Å². The van der Waals surface area contributed by atoms with Crippen LogP contribution in [0.5, 0.6) is 0 Å². The van der Waals surface area contributed by atoms with Crippen LogP contribution in [-0.4, -0.2) is 6.08 Å². The summed E-state index contributed by atoms with van der Waals surface area (Å²) in [6.07, 6.45) is 2.75. The van der Waals surface area contributed by atoms with Crippen molar-refractivity contribution in [2.24, 2.45) is 4.99 Å². The van der Waals surface area contributed by atoms with Crippen molar-refractivity contribution in [2.75, 3.05) is 0 Å².